The van der Waals surface area contributed by atoms with Crippen LogP contribution in [0.15, 0.2) is 53.4 Å². The predicted molar refractivity (Wildman–Crippen MR) is 86.8 cm³/mol. The van der Waals surface area contributed by atoms with Crippen molar-refractivity contribution in [3.05, 3.63) is 54.1 Å². The van der Waals surface area contributed by atoms with Gasteiger partial charge in [-0.05, 0) is 47.4 Å². The summed E-state index contributed by atoms with van der Waals surface area (Å²) in [7, 11) is -3.60. The van der Waals surface area contributed by atoms with Gasteiger partial charge in [-0.25, -0.2) is 8.42 Å². The average molecular weight is 304 g/mol. The number of hydrogen-bond acceptors (Lipinski definition) is 3. The molecule has 0 aliphatic heterocycles. The summed E-state index contributed by atoms with van der Waals surface area (Å²) >= 11 is 0. The van der Waals surface area contributed by atoms with Gasteiger partial charge in [0.15, 0.2) is 0 Å². The van der Waals surface area contributed by atoms with Gasteiger partial charge in [-0.3, -0.25) is 4.72 Å². The maximum atomic E-state index is 12.3. The Bertz CT molecular complexity index is 730. The van der Waals surface area contributed by atoms with E-state index in [9.17, 15) is 8.42 Å². The zero-order valence-corrected chi connectivity index (χ0v) is 13.2. The van der Waals surface area contributed by atoms with E-state index in [-0.39, 0.29) is 10.3 Å². The molecular weight excluding hydrogens is 284 g/mol. The van der Waals surface area contributed by atoms with E-state index in [1.165, 1.54) is 12.1 Å². The summed E-state index contributed by atoms with van der Waals surface area (Å²) < 4.78 is 27.2. The fourth-order valence-corrected chi connectivity index (χ4v) is 2.96. The topological polar surface area (TPSA) is 72.2 Å². The van der Waals surface area contributed by atoms with Gasteiger partial charge < -0.3 is 5.73 Å². The largest absolute Gasteiger partial charge is 0.399 e. The molecule has 21 heavy (non-hydrogen) atoms. The highest BCUT2D eigenvalue weighted by molar-refractivity contribution is 7.92. The molecule has 0 spiro atoms. The maximum absolute atomic E-state index is 12.3. The van der Waals surface area contributed by atoms with Crippen LogP contribution in [0.1, 0.15) is 26.3 Å². The van der Waals surface area contributed by atoms with Gasteiger partial charge in [-0.2, -0.15) is 0 Å². The van der Waals surface area contributed by atoms with E-state index in [4.69, 9.17) is 5.73 Å². The van der Waals surface area contributed by atoms with Gasteiger partial charge in [0.05, 0.1) is 4.90 Å². The molecule has 2 rings (SSSR count). The van der Waals surface area contributed by atoms with Crippen LogP contribution in [0.2, 0.25) is 0 Å². The summed E-state index contributed by atoms with van der Waals surface area (Å²) in [5.41, 5.74) is 7.69. The van der Waals surface area contributed by atoms with Crippen molar-refractivity contribution in [2.75, 3.05) is 10.5 Å². The van der Waals surface area contributed by atoms with Crippen molar-refractivity contribution in [1.82, 2.24) is 0 Å². The number of nitrogen functional groups attached to an aromatic ring is 1. The Morgan fingerprint density at radius 3 is 2.19 bits per heavy atom. The Labute approximate surface area is 126 Å². The Kier molecular flexibility index (Phi) is 3.96. The van der Waals surface area contributed by atoms with Crippen molar-refractivity contribution >= 4 is 21.4 Å². The molecule has 0 unspecified atom stereocenters. The molecule has 0 aromatic heterocycles. The first-order chi connectivity index (χ1) is 9.68. The lowest BCUT2D eigenvalue weighted by Crippen LogP contribution is -2.15. The first-order valence-electron chi connectivity index (χ1n) is 6.67. The molecule has 0 amide bonds. The molecule has 2 aromatic carbocycles. The van der Waals surface area contributed by atoms with Crippen LogP contribution < -0.4 is 10.5 Å². The molecular formula is C16H20N2O2S. The standard InChI is InChI=1S/C16H20N2O2S/c1-16(2,3)12-5-4-6-14(11-12)18-21(19,20)15-9-7-13(17)8-10-15/h4-11,18H,17H2,1-3H3. The molecule has 0 atom stereocenters. The molecule has 0 aliphatic carbocycles. The number of nitrogens with two attached hydrogens (primary N) is 1. The second-order valence-corrected chi connectivity index (χ2v) is 7.69. The van der Waals surface area contributed by atoms with E-state index >= 15 is 0 Å². The number of benzene rings is 2. The minimum absolute atomic E-state index is 0.0390. The number of hydrogen-bond donors (Lipinski definition) is 2. The highest BCUT2D eigenvalue weighted by Crippen LogP contribution is 2.26. The third kappa shape index (κ3) is 3.76. The molecule has 2 aromatic rings. The van der Waals surface area contributed by atoms with Gasteiger partial charge in [0.25, 0.3) is 10.0 Å². The van der Waals surface area contributed by atoms with Crippen LogP contribution in [-0.4, -0.2) is 8.42 Å². The average Bonchev–Trinajstić information content (AvgIpc) is 2.38. The Morgan fingerprint density at radius 2 is 1.62 bits per heavy atom. The van der Waals surface area contributed by atoms with Crippen molar-refractivity contribution in [1.29, 1.82) is 0 Å². The van der Waals surface area contributed by atoms with Gasteiger partial charge in [0, 0.05) is 11.4 Å². The Hall–Kier alpha value is -2.01. The minimum atomic E-state index is -3.60. The maximum Gasteiger partial charge on any atom is 0.261 e. The second-order valence-electron chi connectivity index (χ2n) is 6.01. The molecule has 0 saturated carbocycles. The summed E-state index contributed by atoms with van der Waals surface area (Å²) in [6.07, 6.45) is 0. The second kappa shape index (κ2) is 5.41. The molecule has 0 saturated heterocycles. The summed E-state index contributed by atoms with van der Waals surface area (Å²) in [6.45, 7) is 6.25. The highest BCUT2D eigenvalue weighted by atomic mass is 32.2. The molecule has 0 fully saturated rings. The predicted octanol–water partition coefficient (Wildman–Crippen LogP) is 3.37. The lowest BCUT2D eigenvalue weighted by Gasteiger charge is -2.20. The third-order valence-corrected chi connectivity index (χ3v) is 4.57. The van der Waals surface area contributed by atoms with Crippen LogP contribution >= 0.6 is 0 Å². The van der Waals surface area contributed by atoms with Crippen LogP contribution in [0.25, 0.3) is 0 Å². The lowest BCUT2D eigenvalue weighted by atomic mass is 9.87. The molecule has 0 radical (unpaired) electrons. The Morgan fingerprint density at radius 1 is 1.00 bits per heavy atom. The highest BCUT2D eigenvalue weighted by Gasteiger charge is 2.17. The van der Waals surface area contributed by atoms with E-state index in [1.807, 2.05) is 18.2 Å². The van der Waals surface area contributed by atoms with Crippen molar-refractivity contribution in [3.8, 4) is 0 Å². The van der Waals surface area contributed by atoms with Crippen molar-refractivity contribution in [2.24, 2.45) is 0 Å². The molecule has 5 heteroatoms. The number of anilines is 2. The number of rotatable bonds is 3. The summed E-state index contributed by atoms with van der Waals surface area (Å²) in [5.74, 6) is 0. The third-order valence-electron chi connectivity index (χ3n) is 3.17. The lowest BCUT2D eigenvalue weighted by molar-refractivity contribution is 0.590. The van der Waals surface area contributed by atoms with Crippen LogP contribution in [0.5, 0.6) is 0 Å². The summed E-state index contributed by atoms with van der Waals surface area (Å²) in [4.78, 5) is 0.192. The fourth-order valence-electron chi connectivity index (χ4n) is 1.91. The van der Waals surface area contributed by atoms with Crippen LogP contribution in [0.3, 0.4) is 0 Å². The smallest absolute Gasteiger partial charge is 0.261 e. The van der Waals surface area contributed by atoms with E-state index < -0.39 is 10.0 Å². The molecule has 0 aliphatic rings. The van der Waals surface area contributed by atoms with E-state index in [1.54, 1.807) is 18.2 Å². The number of sulfonamides is 1. The van der Waals surface area contributed by atoms with Crippen molar-refractivity contribution in [3.63, 3.8) is 0 Å². The SMILES string of the molecule is CC(C)(C)c1cccc(NS(=O)(=O)c2ccc(N)cc2)c1. The normalized spacial score (nSPS) is 12.1. The minimum Gasteiger partial charge on any atom is -0.399 e. The van der Waals surface area contributed by atoms with E-state index in [0.717, 1.165) is 5.56 Å². The first-order valence-corrected chi connectivity index (χ1v) is 8.16. The van der Waals surface area contributed by atoms with Gasteiger partial charge in [-0.15, -0.1) is 0 Å². The fraction of sp³-hybridized carbons (Fsp3) is 0.250. The summed E-state index contributed by atoms with van der Waals surface area (Å²) in [5, 5.41) is 0. The van der Waals surface area contributed by atoms with Crippen molar-refractivity contribution in [2.45, 2.75) is 31.1 Å². The monoisotopic (exact) mass is 304 g/mol. The quantitative estimate of drug-likeness (QED) is 0.854. The number of nitrogens with one attached hydrogen (secondary N) is 1. The molecule has 0 bridgehead atoms. The zero-order valence-electron chi connectivity index (χ0n) is 12.4. The Balaban J connectivity index is 2.31. The van der Waals surface area contributed by atoms with Crippen molar-refractivity contribution < 1.29 is 8.42 Å². The first kappa shape index (κ1) is 15.4. The van der Waals surface area contributed by atoms with E-state index in [2.05, 4.69) is 25.5 Å². The molecule has 4 nitrogen and oxygen atoms in total. The molecule has 3 N–H and O–H groups in total. The van der Waals surface area contributed by atoms with Gasteiger partial charge >= 0.3 is 0 Å². The van der Waals surface area contributed by atoms with Crippen LogP contribution in [0.4, 0.5) is 11.4 Å². The van der Waals surface area contributed by atoms with Crippen LogP contribution in [-0.2, 0) is 15.4 Å². The van der Waals surface area contributed by atoms with E-state index in [0.29, 0.717) is 11.4 Å². The van der Waals surface area contributed by atoms with Gasteiger partial charge in [0.1, 0.15) is 0 Å². The molecule has 0 heterocycles. The van der Waals surface area contributed by atoms with Gasteiger partial charge in [-0.1, -0.05) is 32.9 Å². The summed E-state index contributed by atoms with van der Waals surface area (Å²) in [6, 6.07) is 13.6. The zero-order chi connectivity index (χ0) is 15.7. The molecule has 112 valence electrons. The van der Waals surface area contributed by atoms with Gasteiger partial charge in [0.2, 0.25) is 0 Å². The van der Waals surface area contributed by atoms with Crippen LogP contribution in [0, 0.1) is 0 Å².